The summed E-state index contributed by atoms with van der Waals surface area (Å²) in [6.07, 6.45) is 1.63. The molecule has 0 radical (unpaired) electrons. The van der Waals surface area contributed by atoms with Crippen molar-refractivity contribution in [2.24, 2.45) is 0 Å². The van der Waals surface area contributed by atoms with Gasteiger partial charge in [0.15, 0.2) is 11.4 Å². The second-order valence-corrected chi connectivity index (χ2v) is 7.65. The molecule has 0 saturated carbocycles. The number of aryl methyl sites for hydroxylation is 1. The molecular weight excluding hydrogens is 362 g/mol. The Morgan fingerprint density at radius 2 is 1.96 bits per heavy atom. The summed E-state index contributed by atoms with van der Waals surface area (Å²) >= 11 is 6.14. The van der Waals surface area contributed by atoms with E-state index in [1.807, 2.05) is 19.1 Å². The number of para-hydroxylation sites is 1. The first-order valence-corrected chi connectivity index (χ1v) is 9.24. The Kier molecular flexibility index (Phi) is 3.63. The Morgan fingerprint density at radius 1 is 1.16 bits per heavy atom. The number of fused-ring (bicyclic) bond motifs is 2. The van der Waals surface area contributed by atoms with Crippen LogP contribution in [0.3, 0.4) is 0 Å². The first-order chi connectivity index (χ1) is 12.0. The largest absolute Gasteiger partial charge is 0.354 e. The van der Waals surface area contributed by atoms with E-state index in [1.54, 1.807) is 30.5 Å². The predicted octanol–water partition coefficient (Wildman–Crippen LogP) is 4.14. The maximum absolute atomic E-state index is 12.9. The van der Waals surface area contributed by atoms with Crippen LogP contribution in [0, 0.1) is 6.92 Å². The molecule has 8 heteroatoms. The van der Waals surface area contributed by atoms with E-state index in [0.29, 0.717) is 21.5 Å². The molecule has 4 aromatic rings. The van der Waals surface area contributed by atoms with Crippen LogP contribution in [0.2, 0.25) is 5.02 Å². The van der Waals surface area contributed by atoms with Crippen LogP contribution in [0.25, 0.3) is 21.9 Å². The molecule has 0 aliphatic carbocycles. The van der Waals surface area contributed by atoms with Gasteiger partial charge in [0.05, 0.1) is 15.9 Å². The van der Waals surface area contributed by atoms with E-state index >= 15 is 0 Å². The number of hydrogen-bond donors (Lipinski definition) is 1. The van der Waals surface area contributed by atoms with Crippen LogP contribution in [0.4, 0.5) is 5.82 Å². The van der Waals surface area contributed by atoms with Gasteiger partial charge in [-0.2, -0.15) is 0 Å². The topological polar surface area (TPSA) is 85.1 Å². The van der Waals surface area contributed by atoms with Gasteiger partial charge in [0.2, 0.25) is 0 Å². The highest BCUT2D eigenvalue weighted by molar-refractivity contribution is 7.93. The number of aromatic nitrogens is 2. The van der Waals surface area contributed by atoms with E-state index in [1.165, 1.54) is 6.07 Å². The van der Waals surface area contributed by atoms with Crippen LogP contribution >= 0.6 is 11.6 Å². The fourth-order valence-electron chi connectivity index (χ4n) is 2.66. The van der Waals surface area contributed by atoms with Crippen LogP contribution < -0.4 is 4.72 Å². The third-order valence-electron chi connectivity index (χ3n) is 3.78. The molecule has 0 aliphatic rings. The predicted molar refractivity (Wildman–Crippen MR) is 96.3 cm³/mol. The number of pyridine rings is 1. The van der Waals surface area contributed by atoms with Gasteiger partial charge >= 0.3 is 0 Å². The zero-order chi connectivity index (χ0) is 17.6. The zero-order valence-electron chi connectivity index (χ0n) is 13.0. The SMILES string of the molecule is Cc1cnc2c(S(=O)(=O)Nc3noc4cccc(Cl)c34)cccc2c1. The number of halogens is 1. The van der Waals surface area contributed by atoms with Crippen molar-refractivity contribution in [1.82, 2.24) is 10.1 Å². The lowest BCUT2D eigenvalue weighted by atomic mass is 10.2. The molecule has 0 spiro atoms. The second kappa shape index (κ2) is 5.72. The number of benzene rings is 2. The van der Waals surface area contributed by atoms with E-state index in [2.05, 4.69) is 14.9 Å². The summed E-state index contributed by atoms with van der Waals surface area (Å²) in [4.78, 5) is 4.33. The number of nitrogens with one attached hydrogen (secondary N) is 1. The van der Waals surface area contributed by atoms with Crippen molar-refractivity contribution in [2.75, 3.05) is 4.72 Å². The standard InChI is InChI=1S/C17H12ClN3O3S/c1-10-8-11-4-2-7-14(16(11)19-9-10)25(22,23)21-17-15-12(18)5-3-6-13(15)24-20-17/h2-9H,1H3,(H,20,21). The number of anilines is 1. The minimum atomic E-state index is -3.92. The van der Waals surface area contributed by atoms with Crippen LogP contribution in [-0.2, 0) is 10.0 Å². The second-order valence-electron chi connectivity index (χ2n) is 5.59. The molecule has 0 bridgehead atoms. The van der Waals surface area contributed by atoms with E-state index in [9.17, 15) is 8.42 Å². The maximum atomic E-state index is 12.9. The summed E-state index contributed by atoms with van der Waals surface area (Å²) in [5, 5.41) is 5.30. The van der Waals surface area contributed by atoms with E-state index in [-0.39, 0.29) is 10.7 Å². The minimum Gasteiger partial charge on any atom is -0.354 e. The highest BCUT2D eigenvalue weighted by Gasteiger charge is 2.22. The summed E-state index contributed by atoms with van der Waals surface area (Å²) in [6, 6.07) is 11.9. The molecule has 0 fully saturated rings. The molecular formula is C17H12ClN3O3S. The molecule has 126 valence electrons. The number of nitrogens with zero attached hydrogens (tertiary/aromatic N) is 2. The van der Waals surface area contributed by atoms with E-state index in [0.717, 1.165) is 10.9 Å². The minimum absolute atomic E-state index is 0.0460. The Labute approximate surface area is 148 Å². The van der Waals surface area contributed by atoms with Gasteiger partial charge in [0.25, 0.3) is 10.0 Å². The van der Waals surface area contributed by atoms with Crippen LogP contribution in [0.1, 0.15) is 5.56 Å². The fourth-order valence-corrected chi connectivity index (χ4v) is 4.10. The Hall–Kier alpha value is -2.64. The van der Waals surface area contributed by atoms with E-state index in [4.69, 9.17) is 16.1 Å². The molecule has 2 heterocycles. The van der Waals surface area contributed by atoms with Gasteiger partial charge < -0.3 is 4.52 Å². The van der Waals surface area contributed by atoms with Crippen molar-refractivity contribution in [3.63, 3.8) is 0 Å². The first kappa shape index (κ1) is 15.9. The van der Waals surface area contributed by atoms with Crippen molar-refractivity contribution < 1.29 is 12.9 Å². The quantitative estimate of drug-likeness (QED) is 0.583. The average molecular weight is 374 g/mol. The lowest BCUT2D eigenvalue weighted by Gasteiger charge is -2.09. The summed E-state index contributed by atoms with van der Waals surface area (Å²) < 4.78 is 33.3. The smallest absolute Gasteiger partial charge is 0.265 e. The molecule has 0 aliphatic heterocycles. The van der Waals surface area contributed by atoms with Gasteiger partial charge in [-0.1, -0.05) is 35.0 Å². The molecule has 2 aromatic carbocycles. The van der Waals surface area contributed by atoms with Crippen molar-refractivity contribution in [3.8, 4) is 0 Å². The zero-order valence-corrected chi connectivity index (χ0v) is 14.6. The molecule has 25 heavy (non-hydrogen) atoms. The highest BCUT2D eigenvalue weighted by Crippen LogP contribution is 2.32. The Balaban J connectivity index is 1.85. The van der Waals surface area contributed by atoms with Crippen molar-refractivity contribution >= 4 is 49.3 Å². The van der Waals surface area contributed by atoms with Crippen molar-refractivity contribution in [3.05, 3.63) is 59.2 Å². The number of sulfonamides is 1. The summed E-state index contributed by atoms with van der Waals surface area (Å²) in [5.74, 6) is 0.0460. The van der Waals surface area contributed by atoms with Gasteiger partial charge in [-0.25, -0.2) is 8.42 Å². The molecule has 0 saturated heterocycles. The first-order valence-electron chi connectivity index (χ1n) is 7.38. The lowest BCUT2D eigenvalue weighted by Crippen LogP contribution is -2.14. The third-order valence-corrected chi connectivity index (χ3v) is 5.46. The molecule has 0 amide bonds. The third kappa shape index (κ3) is 2.71. The monoisotopic (exact) mass is 373 g/mol. The van der Waals surface area contributed by atoms with Gasteiger partial charge in [0, 0.05) is 11.6 Å². The molecule has 1 N–H and O–H groups in total. The molecule has 0 unspecified atom stereocenters. The lowest BCUT2D eigenvalue weighted by molar-refractivity contribution is 0.460. The molecule has 4 rings (SSSR count). The van der Waals surface area contributed by atoms with Crippen LogP contribution in [0.15, 0.2) is 58.1 Å². The number of rotatable bonds is 3. The van der Waals surface area contributed by atoms with Crippen LogP contribution in [-0.4, -0.2) is 18.6 Å². The van der Waals surface area contributed by atoms with Crippen LogP contribution in [0.5, 0.6) is 0 Å². The maximum Gasteiger partial charge on any atom is 0.265 e. The average Bonchev–Trinajstić information content (AvgIpc) is 2.97. The summed E-state index contributed by atoms with van der Waals surface area (Å²) in [7, 11) is -3.92. The molecule has 6 nitrogen and oxygen atoms in total. The highest BCUT2D eigenvalue weighted by atomic mass is 35.5. The van der Waals surface area contributed by atoms with Gasteiger partial charge in [-0.05, 0) is 36.8 Å². The van der Waals surface area contributed by atoms with Gasteiger partial charge in [-0.3, -0.25) is 9.71 Å². The summed E-state index contributed by atoms with van der Waals surface area (Å²) in [5.41, 5.74) is 1.74. The Morgan fingerprint density at radius 3 is 2.80 bits per heavy atom. The normalized spacial score (nSPS) is 11.9. The molecule has 2 aromatic heterocycles. The van der Waals surface area contributed by atoms with Crippen molar-refractivity contribution in [2.45, 2.75) is 11.8 Å². The van der Waals surface area contributed by atoms with Crippen molar-refractivity contribution in [1.29, 1.82) is 0 Å². The van der Waals surface area contributed by atoms with Gasteiger partial charge in [-0.15, -0.1) is 0 Å². The van der Waals surface area contributed by atoms with Gasteiger partial charge in [0.1, 0.15) is 4.90 Å². The number of hydrogen-bond acceptors (Lipinski definition) is 5. The fraction of sp³-hybridized carbons (Fsp3) is 0.0588. The van der Waals surface area contributed by atoms with E-state index < -0.39 is 10.0 Å². The summed E-state index contributed by atoms with van der Waals surface area (Å²) in [6.45, 7) is 1.90. The molecule has 0 atom stereocenters. The Bertz CT molecular complexity index is 1220.